The van der Waals surface area contributed by atoms with E-state index in [1.165, 1.54) is 0 Å². The van der Waals surface area contributed by atoms with Crippen molar-refractivity contribution >= 4 is 0 Å². The molecule has 2 atom stereocenters. The Bertz CT molecular complexity index is 153. The summed E-state index contributed by atoms with van der Waals surface area (Å²) < 4.78 is 10.5. The van der Waals surface area contributed by atoms with Gasteiger partial charge in [0.15, 0.2) is 5.79 Å². The summed E-state index contributed by atoms with van der Waals surface area (Å²) in [6, 6.07) is 0. The van der Waals surface area contributed by atoms with E-state index in [1.54, 1.807) is 6.08 Å². The van der Waals surface area contributed by atoms with Gasteiger partial charge in [0.25, 0.3) is 0 Å². The molecule has 0 spiro atoms. The van der Waals surface area contributed by atoms with Gasteiger partial charge in [0.05, 0.1) is 6.61 Å². The molecule has 1 aliphatic heterocycles. The monoisotopic (exact) mass is 158 g/mol. The molecule has 64 valence electrons. The fourth-order valence-corrected chi connectivity index (χ4v) is 1.03. The molecule has 3 heteroatoms. The summed E-state index contributed by atoms with van der Waals surface area (Å²) in [6.45, 7) is 7.50. The Kier molecular flexibility index (Phi) is 2.32. The molecule has 11 heavy (non-hydrogen) atoms. The minimum Gasteiger partial charge on any atom is -0.388 e. The maximum atomic E-state index is 9.28. The molecule has 0 bridgehead atoms. The molecule has 3 nitrogen and oxygen atoms in total. The predicted molar refractivity (Wildman–Crippen MR) is 41.1 cm³/mol. The number of hydrogen-bond acceptors (Lipinski definition) is 3. The topological polar surface area (TPSA) is 38.7 Å². The molecule has 0 radical (unpaired) electrons. The number of aliphatic hydroxyl groups is 1. The largest absolute Gasteiger partial charge is 0.388 e. The number of hydrogen-bond donors (Lipinski definition) is 1. The standard InChI is InChI=1S/C8H14O3/c1-4-7-6(9)5-10-8(2,3)11-7/h4,6-7,9H,1,5H2,2-3H3/t6-,7+/m1/s1. The van der Waals surface area contributed by atoms with Gasteiger partial charge >= 0.3 is 0 Å². The highest BCUT2D eigenvalue weighted by molar-refractivity contribution is 4.89. The first-order chi connectivity index (χ1) is 5.05. The van der Waals surface area contributed by atoms with E-state index in [-0.39, 0.29) is 6.10 Å². The van der Waals surface area contributed by atoms with Crippen LogP contribution in [0, 0.1) is 0 Å². The predicted octanol–water partition coefficient (Wildman–Crippen LogP) is 0.685. The molecular formula is C8H14O3. The highest BCUT2D eigenvalue weighted by Gasteiger charge is 2.33. The molecule has 1 N–H and O–H groups in total. The van der Waals surface area contributed by atoms with Crippen LogP contribution in [0.2, 0.25) is 0 Å². The maximum absolute atomic E-state index is 9.28. The van der Waals surface area contributed by atoms with Crippen LogP contribution < -0.4 is 0 Å². The second-order valence-electron chi connectivity index (χ2n) is 3.10. The minimum absolute atomic E-state index is 0.307. The van der Waals surface area contributed by atoms with Crippen LogP contribution in [0.25, 0.3) is 0 Å². The van der Waals surface area contributed by atoms with Crippen molar-refractivity contribution in [3.8, 4) is 0 Å². The Hall–Kier alpha value is -0.380. The first-order valence-electron chi connectivity index (χ1n) is 3.67. The van der Waals surface area contributed by atoms with Gasteiger partial charge in [-0.1, -0.05) is 6.08 Å². The van der Waals surface area contributed by atoms with Crippen molar-refractivity contribution in [2.45, 2.75) is 31.8 Å². The van der Waals surface area contributed by atoms with Gasteiger partial charge in [0, 0.05) is 0 Å². The van der Waals surface area contributed by atoms with Crippen LogP contribution in [0.15, 0.2) is 12.7 Å². The maximum Gasteiger partial charge on any atom is 0.163 e. The Morgan fingerprint density at radius 1 is 1.64 bits per heavy atom. The Labute approximate surface area is 66.6 Å². The van der Waals surface area contributed by atoms with E-state index in [1.807, 2.05) is 13.8 Å². The van der Waals surface area contributed by atoms with Crippen molar-refractivity contribution < 1.29 is 14.6 Å². The van der Waals surface area contributed by atoms with E-state index < -0.39 is 11.9 Å². The van der Waals surface area contributed by atoms with E-state index in [9.17, 15) is 5.11 Å². The zero-order valence-corrected chi connectivity index (χ0v) is 6.91. The van der Waals surface area contributed by atoms with Crippen LogP contribution in [0.1, 0.15) is 13.8 Å². The summed E-state index contributed by atoms with van der Waals surface area (Å²) in [5.74, 6) is -0.599. The van der Waals surface area contributed by atoms with E-state index >= 15 is 0 Å². The first-order valence-corrected chi connectivity index (χ1v) is 3.67. The number of ether oxygens (including phenoxy) is 2. The zero-order valence-electron chi connectivity index (χ0n) is 6.91. The van der Waals surface area contributed by atoms with Crippen LogP contribution in [-0.4, -0.2) is 29.7 Å². The quantitative estimate of drug-likeness (QED) is 0.570. The smallest absolute Gasteiger partial charge is 0.163 e. The van der Waals surface area contributed by atoms with Crippen LogP contribution >= 0.6 is 0 Å². The molecule has 0 unspecified atom stereocenters. The second kappa shape index (κ2) is 2.93. The average molecular weight is 158 g/mol. The zero-order chi connectivity index (χ0) is 8.48. The Morgan fingerprint density at radius 3 is 2.73 bits per heavy atom. The molecule has 1 rings (SSSR count). The fraction of sp³-hybridized carbons (Fsp3) is 0.750. The number of aliphatic hydroxyl groups excluding tert-OH is 1. The Balaban J connectivity index is 2.58. The normalized spacial score (nSPS) is 36.6. The lowest BCUT2D eigenvalue weighted by Crippen LogP contribution is -2.47. The third kappa shape index (κ3) is 2.02. The molecule has 0 saturated carbocycles. The van der Waals surface area contributed by atoms with E-state index in [2.05, 4.69) is 6.58 Å². The van der Waals surface area contributed by atoms with Crippen molar-refractivity contribution in [3.63, 3.8) is 0 Å². The molecule has 0 amide bonds. The van der Waals surface area contributed by atoms with E-state index in [0.29, 0.717) is 6.61 Å². The third-order valence-corrected chi connectivity index (χ3v) is 1.63. The molecule has 1 saturated heterocycles. The second-order valence-corrected chi connectivity index (χ2v) is 3.10. The van der Waals surface area contributed by atoms with Gasteiger partial charge in [-0.15, -0.1) is 6.58 Å². The molecule has 1 fully saturated rings. The van der Waals surface area contributed by atoms with Gasteiger partial charge < -0.3 is 14.6 Å². The van der Waals surface area contributed by atoms with Crippen molar-refractivity contribution in [2.75, 3.05) is 6.61 Å². The van der Waals surface area contributed by atoms with Crippen LogP contribution in [0.4, 0.5) is 0 Å². The van der Waals surface area contributed by atoms with Crippen LogP contribution in [0.3, 0.4) is 0 Å². The lowest BCUT2D eigenvalue weighted by molar-refractivity contribution is -0.292. The van der Waals surface area contributed by atoms with Gasteiger partial charge in [0.2, 0.25) is 0 Å². The molecule has 1 aliphatic rings. The van der Waals surface area contributed by atoms with Crippen LogP contribution in [-0.2, 0) is 9.47 Å². The lowest BCUT2D eigenvalue weighted by Gasteiger charge is -2.37. The molecular weight excluding hydrogens is 144 g/mol. The summed E-state index contributed by atoms with van der Waals surface area (Å²) >= 11 is 0. The minimum atomic E-state index is -0.599. The van der Waals surface area contributed by atoms with Gasteiger partial charge in [-0.25, -0.2) is 0 Å². The number of rotatable bonds is 1. The molecule has 0 aromatic heterocycles. The van der Waals surface area contributed by atoms with Crippen molar-refractivity contribution in [3.05, 3.63) is 12.7 Å². The van der Waals surface area contributed by atoms with Gasteiger partial charge in [-0.05, 0) is 13.8 Å². The lowest BCUT2D eigenvalue weighted by atomic mass is 10.1. The van der Waals surface area contributed by atoms with Gasteiger partial charge in [-0.3, -0.25) is 0 Å². The summed E-state index contributed by atoms with van der Waals surface area (Å²) in [5, 5.41) is 9.28. The van der Waals surface area contributed by atoms with Crippen LogP contribution in [0.5, 0.6) is 0 Å². The average Bonchev–Trinajstić information content (AvgIpc) is 1.94. The van der Waals surface area contributed by atoms with Gasteiger partial charge in [0.1, 0.15) is 12.2 Å². The Morgan fingerprint density at radius 2 is 2.27 bits per heavy atom. The summed E-state index contributed by atoms with van der Waals surface area (Å²) in [6.07, 6.45) is 0.703. The molecule has 0 aromatic rings. The molecule has 0 aliphatic carbocycles. The van der Waals surface area contributed by atoms with E-state index in [0.717, 1.165) is 0 Å². The van der Waals surface area contributed by atoms with Crippen molar-refractivity contribution in [2.24, 2.45) is 0 Å². The summed E-state index contributed by atoms with van der Waals surface area (Å²) in [5.41, 5.74) is 0. The molecule has 1 heterocycles. The SMILES string of the molecule is C=C[C@@H]1OC(C)(C)OC[C@H]1O. The first kappa shape index (κ1) is 8.71. The van der Waals surface area contributed by atoms with E-state index in [4.69, 9.17) is 9.47 Å². The summed E-state index contributed by atoms with van der Waals surface area (Å²) in [4.78, 5) is 0. The summed E-state index contributed by atoms with van der Waals surface area (Å²) in [7, 11) is 0. The van der Waals surface area contributed by atoms with Crippen molar-refractivity contribution in [1.82, 2.24) is 0 Å². The van der Waals surface area contributed by atoms with Gasteiger partial charge in [-0.2, -0.15) is 0 Å². The molecule has 0 aromatic carbocycles. The van der Waals surface area contributed by atoms with Crippen molar-refractivity contribution in [1.29, 1.82) is 0 Å². The highest BCUT2D eigenvalue weighted by atomic mass is 16.7. The third-order valence-electron chi connectivity index (χ3n) is 1.63. The highest BCUT2D eigenvalue weighted by Crippen LogP contribution is 2.22. The fourth-order valence-electron chi connectivity index (χ4n) is 1.03.